The first-order valence-corrected chi connectivity index (χ1v) is 10.0. The summed E-state index contributed by atoms with van der Waals surface area (Å²) in [6.45, 7) is 11.4. The van der Waals surface area contributed by atoms with Crippen LogP contribution < -0.4 is 5.32 Å². The van der Waals surface area contributed by atoms with E-state index in [1.54, 1.807) is 52.1 Å². The van der Waals surface area contributed by atoms with E-state index in [-0.39, 0.29) is 12.5 Å². The lowest BCUT2D eigenvalue weighted by molar-refractivity contribution is -0.121. The average Bonchev–Trinajstić information content (AvgIpc) is 2.59. The number of halogens is 2. The molecule has 0 saturated heterocycles. The number of nitrogens with one attached hydrogen (secondary N) is 1. The van der Waals surface area contributed by atoms with Crippen molar-refractivity contribution in [2.75, 3.05) is 13.6 Å². The molecule has 0 spiro atoms. The van der Waals surface area contributed by atoms with Gasteiger partial charge in [-0.3, -0.25) is 9.69 Å². The van der Waals surface area contributed by atoms with Crippen molar-refractivity contribution in [2.45, 2.75) is 58.1 Å². The van der Waals surface area contributed by atoms with Gasteiger partial charge in [-0.05, 0) is 51.3 Å². The van der Waals surface area contributed by atoms with Gasteiger partial charge in [-0.25, -0.2) is 4.79 Å². The molecule has 0 fully saturated rings. The maximum Gasteiger partial charge on any atom is 0.410 e. The van der Waals surface area contributed by atoms with Crippen molar-refractivity contribution in [3.63, 3.8) is 0 Å². The third-order valence-corrected chi connectivity index (χ3v) is 5.04. The molecule has 0 aromatic heterocycles. The number of rotatable bonds is 8. The van der Waals surface area contributed by atoms with Crippen molar-refractivity contribution >= 4 is 35.2 Å². The number of carbonyl (C=O) groups excluding carboxylic acids is 2. The first-order valence-electron chi connectivity index (χ1n) is 9.26. The van der Waals surface area contributed by atoms with Gasteiger partial charge in [-0.1, -0.05) is 42.3 Å². The van der Waals surface area contributed by atoms with Gasteiger partial charge < -0.3 is 10.1 Å². The molecule has 1 unspecified atom stereocenters. The van der Waals surface area contributed by atoms with Gasteiger partial charge >= 0.3 is 6.09 Å². The van der Waals surface area contributed by atoms with E-state index >= 15 is 0 Å². The molecule has 156 valence electrons. The Labute approximate surface area is 178 Å². The minimum Gasteiger partial charge on any atom is -0.444 e. The molecule has 0 aliphatic rings. The Morgan fingerprint density at radius 1 is 1.25 bits per heavy atom. The minimum atomic E-state index is -0.929. The molecule has 1 aromatic rings. The maximum absolute atomic E-state index is 12.9. The van der Waals surface area contributed by atoms with E-state index in [2.05, 4.69) is 11.9 Å². The molecule has 0 heterocycles. The van der Waals surface area contributed by atoms with Crippen LogP contribution >= 0.6 is 23.2 Å². The Kier molecular flexibility index (Phi) is 8.83. The highest BCUT2D eigenvalue weighted by Crippen LogP contribution is 2.36. The third-order valence-electron chi connectivity index (χ3n) is 4.30. The van der Waals surface area contributed by atoms with E-state index in [0.29, 0.717) is 22.9 Å². The summed E-state index contributed by atoms with van der Waals surface area (Å²) in [6, 6.07) is 5.18. The molecule has 1 atom stereocenters. The van der Waals surface area contributed by atoms with Crippen LogP contribution in [0.4, 0.5) is 4.79 Å². The fourth-order valence-electron chi connectivity index (χ4n) is 2.83. The number of hydrogen-bond acceptors (Lipinski definition) is 3. The molecule has 1 aromatic carbocycles. The third kappa shape index (κ3) is 6.42. The van der Waals surface area contributed by atoms with Crippen molar-refractivity contribution in [1.29, 1.82) is 0 Å². The van der Waals surface area contributed by atoms with Gasteiger partial charge in [0.25, 0.3) is 0 Å². The molecule has 0 aliphatic heterocycles. The standard InChI is InChI=1S/C21H30Cl2N2O3/c1-7-9-18(26)24-14-21(12-8-2,15-10-11-16(22)17(23)13-15)25(6)19(27)28-20(3,4)5/h8,10-11,13H,2,7,9,12,14H2,1,3-6H3,(H,24,26). The summed E-state index contributed by atoms with van der Waals surface area (Å²) in [7, 11) is 1.64. The fraction of sp³-hybridized carbons (Fsp3) is 0.524. The van der Waals surface area contributed by atoms with Crippen LogP contribution in [0.5, 0.6) is 0 Å². The van der Waals surface area contributed by atoms with Gasteiger partial charge in [0.15, 0.2) is 0 Å². The first kappa shape index (κ1) is 24.3. The van der Waals surface area contributed by atoms with Gasteiger partial charge in [-0.15, -0.1) is 6.58 Å². The van der Waals surface area contributed by atoms with Crippen LogP contribution in [0.25, 0.3) is 0 Å². The lowest BCUT2D eigenvalue weighted by Crippen LogP contribution is -2.54. The highest BCUT2D eigenvalue weighted by atomic mass is 35.5. The predicted octanol–water partition coefficient (Wildman–Crippen LogP) is 5.55. The Morgan fingerprint density at radius 2 is 1.89 bits per heavy atom. The first-order chi connectivity index (χ1) is 13.0. The Hall–Kier alpha value is -1.72. The van der Waals surface area contributed by atoms with Crippen molar-refractivity contribution < 1.29 is 14.3 Å². The van der Waals surface area contributed by atoms with Crippen LogP contribution in [0.2, 0.25) is 10.0 Å². The number of hydrogen-bond donors (Lipinski definition) is 1. The molecular weight excluding hydrogens is 399 g/mol. The highest BCUT2D eigenvalue weighted by molar-refractivity contribution is 6.42. The van der Waals surface area contributed by atoms with Crippen molar-refractivity contribution in [2.24, 2.45) is 0 Å². The van der Waals surface area contributed by atoms with E-state index in [1.165, 1.54) is 4.90 Å². The van der Waals surface area contributed by atoms with Gasteiger partial charge in [0.05, 0.1) is 15.6 Å². The van der Waals surface area contributed by atoms with Gasteiger partial charge in [-0.2, -0.15) is 0 Å². The van der Waals surface area contributed by atoms with Crippen LogP contribution in [-0.2, 0) is 15.1 Å². The molecule has 0 radical (unpaired) electrons. The van der Waals surface area contributed by atoms with Crippen LogP contribution in [0.1, 0.15) is 52.5 Å². The lowest BCUT2D eigenvalue weighted by atomic mass is 9.84. The zero-order valence-electron chi connectivity index (χ0n) is 17.3. The molecule has 5 nitrogen and oxygen atoms in total. The molecule has 0 saturated carbocycles. The summed E-state index contributed by atoms with van der Waals surface area (Å²) in [4.78, 5) is 26.5. The second-order valence-electron chi connectivity index (χ2n) is 7.72. The van der Waals surface area contributed by atoms with Gasteiger partial charge in [0, 0.05) is 20.0 Å². The number of carbonyl (C=O) groups is 2. The van der Waals surface area contributed by atoms with E-state index in [9.17, 15) is 9.59 Å². The molecule has 0 bridgehead atoms. The zero-order valence-corrected chi connectivity index (χ0v) is 18.8. The zero-order chi connectivity index (χ0) is 21.5. The maximum atomic E-state index is 12.9. The molecule has 2 amide bonds. The molecule has 7 heteroatoms. The second-order valence-corrected chi connectivity index (χ2v) is 8.53. The van der Waals surface area contributed by atoms with Crippen LogP contribution in [0.3, 0.4) is 0 Å². The summed E-state index contributed by atoms with van der Waals surface area (Å²) < 4.78 is 5.56. The topological polar surface area (TPSA) is 58.6 Å². The monoisotopic (exact) mass is 428 g/mol. The predicted molar refractivity (Wildman–Crippen MR) is 115 cm³/mol. The fourth-order valence-corrected chi connectivity index (χ4v) is 3.13. The van der Waals surface area contributed by atoms with Crippen molar-refractivity contribution in [1.82, 2.24) is 10.2 Å². The highest BCUT2D eigenvalue weighted by Gasteiger charge is 2.40. The van der Waals surface area contributed by atoms with E-state index < -0.39 is 17.2 Å². The van der Waals surface area contributed by atoms with Crippen LogP contribution in [0, 0.1) is 0 Å². The number of ether oxygens (including phenoxy) is 1. The average molecular weight is 429 g/mol. The molecule has 1 rings (SSSR count). The lowest BCUT2D eigenvalue weighted by Gasteiger charge is -2.42. The Balaban J connectivity index is 3.42. The summed E-state index contributed by atoms with van der Waals surface area (Å²) in [5.74, 6) is -0.0893. The summed E-state index contributed by atoms with van der Waals surface area (Å²) in [5, 5.41) is 3.70. The molecule has 28 heavy (non-hydrogen) atoms. The largest absolute Gasteiger partial charge is 0.444 e. The van der Waals surface area contributed by atoms with Crippen molar-refractivity contribution in [3.05, 3.63) is 46.5 Å². The van der Waals surface area contributed by atoms with E-state index in [0.717, 1.165) is 12.0 Å². The van der Waals surface area contributed by atoms with Gasteiger partial charge in [0.1, 0.15) is 5.60 Å². The van der Waals surface area contributed by atoms with Crippen molar-refractivity contribution in [3.8, 4) is 0 Å². The molecular formula is C21H30Cl2N2O3. The van der Waals surface area contributed by atoms with E-state index in [1.807, 2.05) is 6.92 Å². The van der Waals surface area contributed by atoms with Crippen LogP contribution in [-0.4, -0.2) is 36.1 Å². The Bertz CT molecular complexity index is 716. The molecule has 1 N–H and O–H groups in total. The molecule has 0 aliphatic carbocycles. The number of amides is 2. The van der Waals surface area contributed by atoms with Gasteiger partial charge in [0.2, 0.25) is 5.91 Å². The summed E-state index contributed by atoms with van der Waals surface area (Å²) in [6.07, 6.45) is 2.71. The van der Waals surface area contributed by atoms with E-state index in [4.69, 9.17) is 27.9 Å². The number of benzene rings is 1. The quantitative estimate of drug-likeness (QED) is 0.552. The summed E-state index contributed by atoms with van der Waals surface area (Å²) in [5.41, 5.74) is -0.859. The SMILES string of the molecule is C=CCC(CNC(=O)CCC)(c1ccc(Cl)c(Cl)c1)N(C)C(=O)OC(C)(C)C. The Morgan fingerprint density at radius 3 is 2.39 bits per heavy atom. The number of likely N-dealkylation sites (N-methyl/N-ethyl adjacent to an activating group) is 1. The summed E-state index contributed by atoms with van der Waals surface area (Å²) >= 11 is 12.3. The second kappa shape index (κ2) is 10.2. The number of nitrogens with zero attached hydrogens (tertiary/aromatic N) is 1. The smallest absolute Gasteiger partial charge is 0.410 e. The van der Waals surface area contributed by atoms with Crippen LogP contribution in [0.15, 0.2) is 30.9 Å². The minimum absolute atomic E-state index is 0.0893. The normalized spacial score (nSPS) is 13.4.